The molecule has 1 aromatic carbocycles. The van der Waals surface area contributed by atoms with Crippen molar-refractivity contribution in [3.8, 4) is 11.5 Å². The molecule has 3 nitrogen and oxygen atoms in total. The first-order valence-electron chi connectivity index (χ1n) is 6.46. The number of fused-ring (bicyclic) bond motifs is 1. The van der Waals surface area contributed by atoms with Crippen LogP contribution in [0, 0.1) is 5.92 Å². The van der Waals surface area contributed by atoms with Gasteiger partial charge in [0.2, 0.25) is 0 Å². The lowest BCUT2D eigenvalue weighted by Gasteiger charge is -2.26. The van der Waals surface area contributed by atoms with Crippen LogP contribution >= 0.6 is 11.6 Å². The Morgan fingerprint density at radius 1 is 1.22 bits per heavy atom. The van der Waals surface area contributed by atoms with Crippen molar-refractivity contribution in [2.45, 2.75) is 26.8 Å². The van der Waals surface area contributed by atoms with Crippen molar-refractivity contribution in [3.63, 3.8) is 0 Å². The number of hydrogen-bond donors (Lipinski definition) is 1. The summed E-state index contributed by atoms with van der Waals surface area (Å²) in [5, 5.41) is 4.20. The predicted molar refractivity (Wildman–Crippen MR) is 73.7 cm³/mol. The molecule has 0 amide bonds. The normalized spacial score (nSPS) is 15.8. The van der Waals surface area contributed by atoms with Crippen molar-refractivity contribution >= 4 is 11.6 Å². The van der Waals surface area contributed by atoms with Gasteiger partial charge < -0.3 is 14.8 Å². The van der Waals surface area contributed by atoms with E-state index in [9.17, 15) is 0 Å². The van der Waals surface area contributed by atoms with Crippen LogP contribution < -0.4 is 14.8 Å². The Morgan fingerprint density at radius 3 is 2.39 bits per heavy atom. The first kappa shape index (κ1) is 13.5. The summed E-state index contributed by atoms with van der Waals surface area (Å²) in [6, 6.07) is 4.10. The summed E-state index contributed by atoms with van der Waals surface area (Å²) in [6.07, 6.45) is 0. The second kappa shape index (κ2) is 5.81. The van der Waals surface area contributed by atoms with Gasteiger partial charge in [-0.25, -0.2) is 0 Å². The smallest absolute Gasteiger partial charge is 0.162 e. The van der Waals surface area contributed by atoms with E-state index in [1.165, 1.54) is 0 Å². The third-order valence-electron chi connectivity index (χ3n) is 3.09. The highest BCUT2D eigenvalue weighted by Gasteiger charge is 2.22. The summed E-state index contributed by atoms with van der Waals surface area (Å²) in [7, 11) is 0. The van der Waals surface area contributed by atoms with Crippen LogP contribution in [0.5, 0.6) is 11.5 Å². The molecule has 2 rings (SSSR count). The summed E-state index contributed by atoms with van der Waals surface area (Å²) < 4.78 is 11.1. The lowest BCUT2D eigenvalue weighted by atomic mass is 9.95. The summed E-state index contributed by atoms with van der Waals surface area (Å²) in [5.41, 5.74) is 1.08. The number of rotatable bonds is 4. The molecule has 0 saturated heterocycles. The van der Waals surface area contributed by atoms with Gasteiger partial charge in [0.15, 0.2) is 11.5 Å². The van der Waals surface area contributed by atoms with E-state index in [4.69, 9.17) is 21.1 Å². The number of hydrogen-bond acceptors (Lipinski definition) is 3. The third kappa shape index (κ3) is 2.73. The van der Waals surface area contributed by atoms with Gasteiger partial charge >= 0.3 is 0 Å². The number of benzene rings is 1. The second-order valence-corrected chi connectivity index (χ2v) is 5.20. The van der Waals surface area contributed by atoms with E-state index >= 15 is 0 Å². The second-order valence-electron chi connectivity index (χ2n) is 4.80. The molecule has 1 aromatic rings. The minimum absolute atomic E-state index is 0.235. The third-order valence-corrected chi connectivity index (χ3v) is 3.41. The molecule has 0 spiro atoms. The summed E-state index contributed by atoms with van der Waals surface area (Å²) in [5.74, 6) is 2.00. The first-order chi connectivity index (χ1) is 8.63. The summed E-state index contributed by atoms with van der Waals surface area (Å²) in [6.45, 7) is 8.56. The van der Waals surface area contributed by atoms with Gasteiger partial charge in [-0.1, -0.05) is 32.4 Å². The summed E-state index contributed by atoms with van der Waals surface area (Å²) in [4.78, 5) is 0. The van der Waals surface area contributed by atoms with Gasteiger partial charge in [-0.15, -0.1) is 0 Å². The zero-order valence-electron chi connectivity index (χ0n) is 11.1. The van der Waals surface area contributed by atoms with Crippen LogP contribution in [0.1, 0.15) is 32.4 Å². The zero-order chi connectivity index (χ0) is 13.1. The van der Waals surface area contributed by atoms with Crippen molar-refractivity contribution in [1.82, 2.24) is 5.32 Å². The molecule has 0 saturated carbocycles. The van der Waals surface area contributed by atoms with E-state index in [1.54, 1.807) is 0 Å². The highest BCUT2D eigenvalue weighted by molar-refractivity contribution is 6.31. The SMILES string of the molecule is CCNC(c1cc2c(cc1Cl)OCCO2)C(C)C. The van der Waals surface area contributed by atoms with Gasteiger partial charge in [0.1, 0.15) is 13.2 Å². The topological polar surface area (TPSA) is 30.5 Å². The highest BCUT2D eigenvalue weighted by atomic mass is 35.5. The van der Waals surface area contributed by atoms with Crippen molar-refractivity contribution in [2.24, 2.45) is 5.92 Å². The maximum Gasteiger partial charge on any atom is 0.162 e. The van der Waals surface area contributed by atoms with Crippen LogP contribution in [0.25, 0.3) is 0 Å². The van der Waals surface area contributed by atoms with Gasteiger partial charge in [-0.2, -0.15) is 0 Å². The average Bonchev–Trinajstić information content (AvgIpc) is 2.35. The van der Waals surface area contributed by atoms with Gasteiger partial charge in [-0.3, -0.25) is 0 Å². The van der Waals surface area contributed by atoms with E-state index < -0.39 is 0 Å². The first-order valence-corrected chi connectivity index (χ1v) is 6.83. The summed E-state index contributed by atoms with van der Waals surface area (Å²) >= 11 is 6.36. The minimum atomic E-state index is 0.235. The molecule has 1 aliphatic heterocycles. The number of ether oxygens (including phenoxy) is 2. The van der Waals surface area contributed by atoms with Crippen LogP contribution in [-0.2, 0) is 0 Å². The van der Waals surface area contributed by atoms with Crippen molar-refractivity contribution in [1.29, 1.82) is 0 Å². The quantitative estimate of drug-likeness (QED) is 0.909. The molecule has 0 fully saturated rings. The van der Waals surface area contributed by atoms with Crippen LogP contribution in [0.4, 0.5) is 0 Å². The fraction of sp³-hybridized carbons (Fsp3) is 0.571. The molecule has 1 atom stereocenters. The van der Waals surface area contributed by atoms with Crippen LogP contribution in [0.2, 0.25) is 5.02 Å². The molecule has 4 heteroatoms. The molecular formula is C14H20ClNO2. The van der Waals surface area contributed by atoms with Gasteiger partial charge in [0, 0.05) is 17.1 Å². The molecule has 1 unspecified atom stereocenters. The molecule has 100 valence electrons. The lowest BCUT2D eigenvalue weighted by molar-refractivity contribution is 0.171. The molecule has 1 heterocycles. The monoisotopic (exact) mass is 269 g/mol. The predicted octanol–water partition coefficient (Wildman–Crippen LogP) is 3.42. The Hall–Kier alpha value is -0.930. The largest absolute Gasteiger partial charge is 0.486 e. The fourth-order valence-electron chi connectivity index (χ4n) is 2.24. The van der Waals surface area contributed by atoms with Crippen LogP contribution in [0.3, 0.4) is 0 Å². The zero-order valence-corrected chi connectivity index (χ0v) is 11.9. The lowest BCUT2D eigenvalue weighted by Crippen LogP contribution is -2.26. The minimum Gasteiger partial charge on any atom is -0.486 e. The van der Waals surface area contributed by atoms with E-state index in [0.717, 1.165) is 28.6 Å². The number of nitrogens with one attached hydrogen (secondary N) is 1. The Labute approximate surface area is 113 Å². The Balaban J connectivity index is 2.36. The van der Waals surface area contributed by atoms with Crippen molar-refractivity contribution < 1.29 is 9.47 Å². The van der Waals surface area contributed by atoms with E-state index in [2.05, 4.69) is 26.1 Å². The maximum atomic E-state index is 6.36. The molecule has 0 bridgehead atoms. The van der Waals surface area contributed by atoms with E-state index in [1.807, 2.05) is 12.1 Å². The van der Waals surface area contributed by atoms with Gasteiger partial charge in [0.25, 0.3) is 0 Å². The van der Waals surface area contributed by atoms with Crippen molar-refractivity contribution in [3.05, 3.63) is 22.7 Å². The van der Waals surface area contributed by atoms with Crippen LogP contribution in [-0.4, -0.2) is 19.8 Å². The molecule has 1 N–H and O–H groups in total. The van der Waals surface area contributed by atoms with Gasteiger partial charge in [0.05, 0.1) is 0 Å². The molecule has 0 radical (unpaired) electrons. The maximum absolute atomic E-state index is 6.36. The Bertz CT molecular complexity index is 421. The van der Waals surface area contributed by atoms with E-state index in [-0.39, 0.29) is 6.04 Å². The fourth-order valence-corrected chi connectivity index (χ4v) is 2.51. The molecular weight excluding hydrogens is 250 g/mol. The van der Waals surface area contributed by atoms with Crippen LogP contribution in [0.15, 0.2) is 12.1 Å². The molecule has 18 heavy (non-hydrogen) atoms. The standard InChI is InChI=1S/C14H20ClNO2/c1-4-16-14(9(2)3)10-7-12-13(8-11(10)15)18-6-5-17-12/h7-9,14,16H,4-6H2,1-3H3. The highest BCUT2D eigenvalue weighted by Crippen LogP contribution is 2.39. The average molecular weight is 270 g/mol. The van der Waals surface area contributed by atoms with E-state index in [0.29, 0.717) is 19.1 Å². The Kier molecular flexibility index (Phi) is 4.36. The Morgan fingerprint density at radius 2 is 1.83 bits per heavy atom. The molecule has 1 aliphatic rings. The van der Waals surface area contributed by atoms with Gasteiger partial charge in [-0.05, 0) is 24.1 Å². The molecule has 0 aromatic heterocycles. The molecule has 0 aliphatic carbocycles. The number of halogens is 1. The van der Waals surface area contributed by atoms with Crippen molar-refractivity contribution in [2.75, 3.05) is 19.8 Å².